The molecule has 2 rings (SSSR count). The van der Waals surface area contributed by atoms with E-state index in [-0.39, 0.29) is 5.97 Å². The Morgan fingerprint density at radius 1 is 1.32 bits per heavy atom. The van der Waals surface area contributed by atoms with Gasteiger partial charge in [-0.15, -0.1) is 23.1 Å². The molecule has 1 aromatic heterocycles. The van der Waals surface area contributed by atoms with Crippen LogP contribution in [0, 0.1) is 11.8 Å². The zero-order valence-corrected chi connectivity index (χ0v) is 12.0. The van der Waals surface area contributed by atoms with Crippen LogP contribution in [-0.4, -0.2) is 18.8 Å². The molecule has 2 aromatic rings. The third-order valence-corrected chi connectivity index (χ3v) is 4.07. The third kappa shape index (κ3) is 3.88. The van der Waals surface area contributed by atoms with E-state index in [0.717, 1.165) is 9.77 Å². The molecular formula is C15H12O2S2. The summed E-state index contributed by atoms with van der Waals surface area (Å²) in [5, 5.41) is 2.00. The number of benzene rings is 1. The minimum absolute atomic E-state index is 0.311. The molecule has 0 unspecified atom stereocenters. The topological polar surface area (TPSA) is 26.3 Å². The SMILES string of the molecule is COC(=O)c1ccccc1SCC#Cc1cccs1. The lowest BCUT2D eigenvalue weighted by atomic mass is 10.2. The zero-order chi connectivity index (χ0) is 13.5. The Morgan fingerprint density at radius 2 is 2.16 bits per heavy atom. The van der Waals surface area contributed by atoms with Gasteiger partial charge in [-0.3, -0.25) is 0 Å². The molecular weight excluding hydrogens is 276 g/mol. The van der Waals surface area contributed by atoms with E-state index in [1.807, 2.05) is 35.7 Å². The second kappa shape index (κ2) is 7.03. The molecule has 0 radical (unpaired) electrons. The molecule has 0 aliphatic rings. The minimum Gasteiger partial charge on any atom is -0.465 e. The van der Waals surface area contributed by atoms with Crippen molar-refractivity contribution in [1.29, 1.82) is 0 Å². The van der Waals surface area contributed by atoms with Crippen molar-refractivity contribution in [1.82, 2.24) is 0 Å². The van der Waals surface area contributed by atoms with Crippen LogP contribution >= 0.6 is 23.1 Å². The van der Waals surface area contributed by atoms with Gasteiger partial charge in [0.1, 0.15) is 0 Å². The highest BCUT2D eigenvalue weighted by Crippen LogP contribution is 2.22. The molecule has 0 spiro atoms. The Bertz CT molecular complexity index is 607. The molecule has 0 aliphatic heterocycles. The van der Waals surface area contributed by atoms with E-state index < -0.39 is 0 Å². The van der Waals surface area contributed by atoms with Crippen molar-refractivity contribution in [2.75, 3.05) is 12.9 Å². The highest BCUT2D eigenvalue weighted by Gasteiger charge is 2.10. The number of hydrogen-bond donors (Lipinski definition) is 0. The minimum atomic E-state index is -0.311. The molecule has 1 aromatic carbocycles. The average Bonchev–Trinajstić information content (AvgIpc) is 2.96. The first-order chi connectivity index (χ1) is 9.31. The number of carbonyl (C=O) groups excluding carboxylic acids is 1. The summed E-state index contributed by atoms with van der Waals surface area (Å²) in [4.78, 5) is 13.5. The molecule has 1 heterocycles. The highest BCUT2D eigenvalue weighted by molar-refractivity contribution is 7.99. The summed E-state index contributed by atoms with van der Waals surface area (Å²) in [5.41, 5.74) is 0.591. The molecule has 0 bridgehead atoms. The molecule has 2 nitrogen and oxygen atoms in total. The van der Waals surface area contributed by atoms with Crippen LogP contribution in [0.5, 0.6) is 0 Å². The number of hydrogen-bond acceptors (Lipinski definition) is 4. The summed E-state index contributed by atoms with van der Waals surface area (Å²) in [6.07, 6.45) is 0. The number of esters is 1. The van der Waals surface area contributed by atoms with Gasteiger partial charge in [-0.25, -0.2) is 4.79 Å². The van der Waals surface area contributed by atoms with Gasteiger partial charge in [0.05, 0.1) is 23.3 Å². The lowest BCUT2D eigenvalue weighted by molar-refractivity contribution is 0.0597. The molecule has 0 saturated heterocycles. The van der Waals surface area contributed by atoms with Crippen LogP contribution in [0.15, 0.2) is 46.7 Å². The first-order valence-corrected chi connectivity index (χ1v) is 7.50. The van der Waals surface area contributed by atoms with Crippen LogP contribution in [0.2, 0.25) is 0 Å². The van der Waals surface area contributed by atoms with Crippen molar-refractivity contribution in [3.8, 4) is 11.8 Å². The predicted molar refractivity (Wildman–Crippen MR) is 79.7 cm³/mol. The summed E-state index contributed by atoms with van der Waals surface area (Å²) >= 11 is 3.17. The molecule has 0 saturated carbocycles. The van der Waals surface area contributed by atoms with Gasteiger partial charge in [-0.2, -0.15) is 0 Å². The summed E-state index contributed by atoms with van der Waals surface area (Å²) in [6, 6.07) is 11.4. The Balaban J connectivity index is 2.02. The van der Waals surface area contributed by atoms with Gasteiger partial charge in [0, 0.05) is 4.90 Å². The third-order valence-electron chi connectivity index (χ3n) is 2.32. The Kier molecular flexibility index (Phi) is 5.08. The van der Waals surface area contributed by atoms with Crippen molar-refractivity contribution in [2.24, 2.45) is 0 Å². The van der Waals surface area contributed by atoms with Crippen LogP contribution in [0.1, 0.15) is 15.2 Å². The number of ether oxygens (including phenoxy) is 1. The van der Waals surface area contributed by atoms with Crippen LogP contribution in [0.3, 0.4) is 0 Å². The number of thioether (sulfide) groups is 1. The van der Waals surface area contributed by atoms with Gasteiger partial charge in [0.2, 0.25) is 0 Å². The van der Waals surface area contributed by atoms with E-state index in [4.69, 9.17) is 4.74 Å². The molecule has 0 amide bonds. The van der Waals surface area contributed by atoms with Crippen molar-refractivity contribution < 1.29 is 9.53 Å². The first kappa shape index (κ1) is 13.7. The molecule has 0 fully saturated rings. The van der Waals surface area contributed by atoms with Crippen LogP contribution in [-0.2, 0) is 4.74 Å². The van der Waals surface area contributed by atoms with E-state index in [9.17, 15) is 4.79 Å². The van der Waals surface area contributed by atoms with Crippen molar-refractivity contribution in [2.45, 2.75) is 4.90 Å². The molecule has 0 aliphatic carbocycles. The smallest absolute Gasteiger partial charge is 0.338 e. The van der Waals surface area contributed by atoms with E-state index in [1.54, 1.807) is 29.2 Å². The van der Waals surface area contributed by atoms with Gasteiger partial charge in [0.25, 0.3) is 0 Å². The van der Waals surface area contributed by atoms with Crippen molar-refractivity contribution in [3.63, 3.8) is 0 Å². The predicted octanol–water partition coefficient (Wildman–Crippen LogP) is 3.68. The second-order valence-electron chi connectivity index (χ2n) is 3.56. The lowest BCUT2D eigenvalue weighted by Gasteiger charge is -2.04. The maximum atomic E-state index is 11.6. The maximum absolute atomic E-state index is 11.6. The molecule has 0 N–H and O–H groups in total. The molecule has 4 heteroatoms. The molecule has 0 atom stereocenters. The fourth-order valence-corrected chi connectivity index (χ4v) is 2.83. The fourth-order valence-electron chi connectivity index (χ4n) is 1.46. The summed E-state index contributed by atoms with van der Waals surface area (Å²) in [5.74, 6) is 6.51. The van der Waals surface area contributed by atoms with Gasteiger partial charge < -0.3 is 4.74 Å². The highest BCUT2D eigenvalue weighted by atomic mass is 32.2. The monoisotopic (exact) mass is 288 g/mol. The van der Waals surface area contributed by atoms with Gasteiger partial charge in [-0.05, 0) is 23.6 Å². The number of rotatable bonds is 3. The largest absolute Gasteiger partial charge is 0.465 e. The van der Waals surface area contributed by atoms with E-state index in [2.05, 4.69) is 11.8 Å². The van der Waals surface area contributed by atoms with Crippen LogP contribution in [0.25, 0.3) is 0 Å². The first-order valence-electron chi connectivity index (χ1n) is 5.64. The van der Waals surface area contributed by atoms with E-state index in [0.29, 0.717) is 11.3 Å². The van der Waals surface area contributed by atoms with Gasteiger partial charge in [-0.1, -0.05) is 30.0 Å². The number of thiophene rings is 1. The normalized spacial score (nSPS) is 9.53. The summed E-state index contributed by atoms with van der Waals surface area (Å²) in [7, 11) is 1.39. The second-order valence-corrected chi connectivity index (χ2v) is 5.52. The van der Waals surface area contributed by atoms with E-state index in [1.165, 1.54) is 7.11 Å². The van der Waals surface area contributed by atoms with Crippen LogP contribution in [0.4, 0.5) is 0 Å². The zero-order valence-electron chi connectivity index (χ0n) is 10.4. The van der Waals surface area contributed by atoms with Gasteiger partial charge >= 0.3 is 5.97 Å². The Morgan fingerprint density at radius 3 is 2.89 bits per heavy atom. The van der Waals surface area contributed by atoms with E-state index >= 15 is 0 Å². The van der Waals surface area contributed by atoms with Crippen LogP contribution < -0.4 is 0 Å². The Labute approximate surface area is 120 Å². The lowest BCUT2D eigenvalue weighted by Crippen LogP contribution is -2.02. The Hall–Kier alpha value is -1.70. The summed E-state index contributed by atoms with van der Waals surface area (Å²) < 4.78 is 4.76. The molecule has 96 valence electrons. The standard InChI is InChI=1S/C15H12O2S2/c1-17-15(16)13-8-2-3-9-14(13)19-11-5-7-12-6-4-10-18-12/h2-4,6,8-10H,11H2,1H3. The average molecular weight is 288 g/mol. The van der Waals surface area contributed by atoms with Gasteiger partial charge in [0.15, 0.2) is 0 Å². The number of methoxy groups -OCH3 is 1. The maximum Gasteiger partial charge on any atom is 0.338 e. The quantitative estimate of drug-likeness (QED) is 0.489. The number of carbonyl (C=O) groups is 1. The summed E-state index contributed by atoms with van der Waals surface area (Å²) in [6.45, 7) is 0. The molecule has 19 heavy (non-hydrogen) atoms. The van der Waals surface area contributed by atoms with Crippen molar-refractivity contribution >= 4 is 29.1 Å². The fraction of sp³-hybridized carbons (Fsp3) is 0.133. The van der Waals surface area contributed by atoms with Crippen molar-refractivity contribution in [3.05, 3.63) is 52.2 Å².